The Morgan fingerprint density at radius 2 is 2.16 bits per heavy atom. The van der Waals surface area contributed by atoms with Crippen molar-refractivity contribution in [3.63, 3.8) is 0 Å². The Bertz CT molecular complexity index is 736. The van der Waals surface area contributed by atoms with Crippen molar-refractivity contribution in [2.75, 3.05) is 13.7 Å². The number of rotatable bonds is 5. The molecule has 1 saturated carbocycles. The van der Waals surface area contributed by atoms with Crippen LogP contribution in [0.4, 0.5) is 0 Å². The molecule has 0 radical (unpaired) electrons. The maximum absolute atomic E-state index is 5.55. The van der Waals surface area contributed by atoms with Crippen molar-refractivity contribution in [3.05, 3.63) is 41.0 Å². The van der Waals surface area contributed by atoms with Crippen molar-refractivity contribution in [2.24, 2.45) is 5.92 Å². The van der Waals surface area contributed by atoms with E-state index in [2.05, 4.69) is 47.1 Å². The highest BCUT2D eigenvalue weighted by molar-refractivity contribution is 5.39. The van der Waals surface area contributed by atoms with Crippen molar-refractivity contribution in [1.29, 1.82) is 0 Å². The van der Waals surface area contributed by atoms with Gasteiger partial charge in [-0.1, -0.05) is 31.5 Å². The average Bonchev–Trinajstić information content (AvgIpc) is 3.00. The molecular formula is C20H27N3O2. The van der Waals surface area contributed by atoms with E-state index in [0.717, 1.165) is 37.0 Å². The van der Waals surface area contributed by atoms with Crippen molar-refractivity contribution in [3.8, 4) is 5.75 Å². The zero-order chi connectivity index (χ0) is 17.4. The van der Waals surface area contributed by atoms with Crippen LogP contribution in [0.25, 0.3) is 0 Å². The predicted octanol–water partition coefficient (Wildman–Crippen LogP) is 4.10. The third-order valence-corrected chi connectivity index (χ3v) is 5.65. The maximum Gasteiger partial charge on any atom is 0.240 e. The summed E-state index contributed by atoms with van der Waals surface area (Å²) in [6, 6.07) is 6.84. The number of hydrogen-bond acceptors (Lipinski definition) is 5. The molecule has 0 spiro atoms. The van der Waals surface area contributed by atoms with E-state index in [1.807, 2.05) is 0 Å². The fraction of sp³-hybridized carbons (Fsp3) is 0.600. The molecule has 0 saturated heterocycles. The van der Waals surface area contributed by atoms with Gasteiger partial charge in [-0.15, -0.1) is 0 Å². The van der Waals surface area contributed by atoms with Gasteiger partial charge >= 0.3 is 0 Å². The van der Waals surface area contributed by atoms with E-state index in [1.54, 1.807) is 7.11 Å². The highest BCUT2D eigenvalue weighted by atomic mass is 16.5. The summed E-state index contributed by atoms with van der Waals surface area (Å²) in [4.78, 5) is 7.15. The molecule has 1 aliphatic heterocycles. The topological polar surface area (TPSA) is 51.4 Å². The smallest absolute Gasteiger partial charge is 0.240 e. The van der Waals surface area contributed by atoms with Gasteiger partial charge in [0.2, 0.25) is 5.89 Å². The number of fused-ring (bicyclic) bond motifs is 1. The Balaban J connectivity index is 1.55. The summed E-state index contributed by atoms with van der Waals surface area (Å²) in [6.07, 6.45) is 4.72. The first-order valence-electron chi connectivity index (χ1n) is 9.39. The Labute approximate surface area is 149 Å². The Morgan fingerprint density at radius 3 is 2.84 bits per heavy atom. The summed E-state index contributed by atoms with van der Waals surface area (Å²) in [6.45, 7) is 6.30. The van der Waals surface area contributed by atoms with Crippen molar-refractivity contribution >= 4 is 0 Å². The average molecular weight is 341 g/mol. The molecule has 1 aromatic heterocycles. The summed E-state index contributed by atoms with van der Waals surface area (Å²) >= 11 is 0. The number of nitrogens with zero attached hydrogens (tertiary/aromatic N) is 3. The zero-order valence-corrected chi connectivity index (χ0v) is 15.4. The number of hydrogen-bond donors (Lipinski definition) is 0. The Morgan fingerprint density at radius 1 is 1.32 bits per heavy atom. The number of methoxy groups -OCH3 is 1. The number of ether oxygens (including phenoxy) is 1. The molecule has 2 heterocycles. The SMILES string of the molecule is COc1ccc2c(c1)CCN(Cc1nc(C3CCC3)no1)C2C(C)C. The Kier molecular flexibility index (Phi) is 4.50. The van der Waals surface area contributed by atoms with Crippen molar-refractivity contribution in [2.45, 2.75) is 58.0 Å². The first kappa shape index (κ1) is 16.6. The minimum atomic E-state index is 0.369. The fourth-order valence-electron chi connectivity index (χ4n) is 4.11. The molecule has 1 atom stereocenters. The van der Waals surface area contributed by atoms with Crippen LogP contribution in [0.15, 0.2) is 22.7 Å². The van der Waals surface area contributed by atoms with Crippen molar-refractivity contribution < 1.29 is 9.26 Å². The molecule has 134 valence electrons. The van der Waals surface area contributed by atoms with E-state index in [1.165, 1.54) is 30.4 Å². The first-order chi connectivity index (χ1) is 12.2. The maximum atomic E-state index is 5.55. The minimum absolute atomic E-state index is 0.369. The van der Waals surface area contributed by atoms with Gasteiger partial charge in [0, 0.05) is 18.5 Å². The lowest BCUT2D eigenvalue weighted by molar-refractivity contribution is 0.119. The monoisotopic (exact) mass is 341 g/mol. The third-order valence-electron chi connectivity index (χ3n) is 5.65. The molecule has 5 heteroatoms. The molecule has 1 fully saturated rings. The lowest BCUT2D eigenvalue weighted by atomic mass is 9.85. The first-order valence-corrected chi connectivity index (χ1v) is 9.39. The number of benzene rings is 1. The quantitative estimate of drug-likeness (QED) is 0.819. The van der Waals surface area contributed by atoms with Crippen LogP contribution in [0.2, 0.25) is 0 Å². The molecule has 2 aromatic rings. The number of aromatic nitrogens is 2. The lowest BCUT2D eigenvalue weighted by Crippen LogP contribution is -2.37. The van der Waals surface area contributed by atoms with E-state index in [0.29, 0.717) is 17.9 Å². The predicted molar refractivity (Wildman–Crippen MR) is 95.6 cm³/mol. The lowest BCUT2D eigenvalue weighted by Gasteiger charge is -2.39. The second kappa shape index (κ2) is 6.79. The van der Waals surface area contributed by atoms with Gasteiger partial charge < -0.3 is 9.26 Å². The van der Waals surface area contributed by atoms with Crippen molar-refractivity contribution in [1.82, 2.24) is 15.0 Å². The van der Waals surface area contributed by atoms with Crippen LogP contribution in [0.5, 0.6) is 5.75 Å². The van der Waals surface area contributed by atoms with E-state index < -0.39 is 0 Å². The second-order valence-electron chi connectivity index (χ2n) is 7.65. The van der Waals surface area contributed by atoms with Gasteiger partial charge in [0.1, 0.15) is 5.75 Å². The van der Waals surface area contributed by atoms with E-state index in [-0.39, 0.29) is 0 Å². The van der Waals surface area contributed by atoms with Gasteiger partial charge in [-0.2, -0.15) is 4.98 Å². The van der Waals surface area contributed by atoms with E-state index in [9.17, 15) is 0 Å². The van der Waals surface area contributed by atoms with Gasteiger partial charge in [0.25, 0.3) is 0 Å². The van der Waals surface area contributed by atoms with Gasteiger partial charge in [0.05, 0.1) is 13.7 Å². The summed E-state index contributed by atoms with van der Waals surface area (Å²) in [7, 11) is 1.73. The molecule has 0 bridgehead atoms. The molecule has 25 heavy (non-hydrogen) atoms. The zero-order valence-electron chi connectivity index (χ0n) is 15.4. The molecule has 1 aliphatic carbocycles. The van der Waals surface area contributed by atoms with E-state index >= 15 is 0 Å². The molecule has 2 aliphatic rings. The van der Waals surface area contributed by atoms with Crippen LogP contribution >= 0.6 is 0 Å². The van der Waals surface area contributed by atoms with Crippen LogP contribution < -0.4 is 4.74 Å². The van der Waals surface area contributed by atoms with Crippen LogP contribution in [0, 0.1) is 5.92 Å². The van der Waals surface area contributed by atoms with Crippen LogP contribution in [0.3, 0.4) is 0 Å². The Hall–Kier alpha value is -1.88. The molecule has 4 rings (SSSR count). The van der Waals surface area contributed by atoms with Crippen LogP contribution in [-0.2, 0) is 13.0 Å². The van der Waals surface area contributed by atoms with Gasteiger partial charge in [0.15, 0.2) is 5.82 Å². The molecule has 0 amide bonds. The molecular weight excluding hydrogens is 314 g/mol. The molecule has 0 N–H and O–H groups in total. The molecule has 1 unspecified atom stereocenters. The summed E-state index contributed by atoms with van der Waals surface area (Å²) in [5.74, 6) is 3.64. The summed E-state index contributed by atoms with van der Waals surface area (Å²) in [5, 5.41) is 4.21. The standard InChI is InChI=1S/C20H27N3O2/c1-13(2)19-17-8-7-16(24-3)11-15(17)9-10-23(19)12-18-21-20(22-25-18)14-5-4-6-14/h7-8,11,13-14,19H,4-6,9-10,12H2,1-3H3. The summed E-state index contributed by atoms with van der Waals surface area (Å²) < 4.78 is 10.9. The normalized spacial score (nSPS) is 21.2. The second-order valence-corrected chi connectivity index (χ2v) is 7.65. The molecule has 1 aromatic carbocycles. The highest BCUT2D eigenvalue weighted by Crippen LogP contribution is 2.38. The molecule has 5 nitrogen and oxygen atoms in total. The fourth-order valence-corrected chi connectivity index (χ4v) is 4.11. The third kappa shape index (κ3) is 3.17. The summed E-state index contributed by atoms with van der Waals surface area (Å²) in [5.41, 5.74) is 2.80. The van der Waals surface area contributed by atoms with Gasteiger partial charge in [-0.3, -0.25) is 4.90 Å². The minimum Gasteiger partial charge on any atom is -0.497 e. The van der Waals surface area contributed by atoms with Crippen LogP contribution in [-0.4, -0.2) is 28.7 Å². The van der Waals surface area contributed by atoms with Crippen LogP contribution in [0.1, 0.15) is 67.9 Å². The largest absolute Gasteiger partial charge is 0.497 e. The van der Waals surface area contributed by atoms with Gasteiger partial charge in [-0.25, -0.2) is 0 Å². The van der Waals surface area contributed by atoms with Gasteiger partial charge in [-0.05, 0) is 48.4 Å². The highest BCUT2D eigenvalue weighted by Gasteiger charge is 2.32. The van der Waals surface area contributed by atoms with E-state index in [4.69, 9.17) is 9.26 Å².